The van der Waals surface area contributed by atoms with E-state index in [1.165, 1.54) is 0 Å². The SMILES string of the molecule is NCC=CCCCO. The summed E-state index contributed by atoms with van der Waals surface area (Å²) in [6.45, 7) is 0.875. The van der Waals surface area contributed by atoms with Gasteiger partial charge < -0.3 is 10.8 Å². The highest BCUT2D eigenvalue weighted by atomic mass is 16.2. The molecule has 48 valence electrons. The van der Waals surface area contributed by atoms with Gasteiger partial charge in [0, 0.05) is 13.2 Å². The standard InChI is InChI=1S/C6H13NO/c7-5-3-1-2-4-6-8/h1,3,8H,2,4-7H2. The van der Waals surface area contributed by atoms with Gasteiger partial charge in [-0.05, 0) is 12.8 Å². The molecule has 0 aliphatic heterocycles. The second-order valence-corrected chi connectivity index (χ2v) is 1.57. The number of hydrogen-bond donors (Lipinski definition) is 2. The molecule has 0 spiro atoms. The molecule has 0 aliphatic rings. The third-order valence-electron chi connectivity index (χ3n) is 0.832. The molecule has 2 nitrogen and oxygen atoms in total. The summed E-state index contributed by atoms with van der Waals surface area (Å²) in [5.74, 6) is 0. The third kappa shape index (κ3) is 5.66. The molecular formula is C6H13NO. The van der Waals surface area contributed by atoms with E-state index < -0.39 is 0 Å². The minimum absolute atomic E-state index is 0.273. The molecule has 0 rings (SSSR count). The van der Waals surface area contributed by atoms with Gasteiger partial charge in [-0.1, -0.05) is 12.2 Å². The molecule has 3 N–H and O–H groups in total. The Bertz CT molecular complexity index is 61.5. The Balaban J connectivity index is 2.80. The average molecular weight is 115 g/mol. The first-order valence-electron chi connectivity index (χ1n) is 2.87. The van der Waals surface area contributed by atoms with Crippen molar-refractivity contribution >= 4 is 0 Å². The Morgan fingerprint density at radius 3 is 2.62 bits per heavy atom. The van der Waals surface area contributed by atoms with Gasteiger partial charge in [0.25, 0.3) is 0 Å². The summed E-state index contributed by atoms with van der Waals surface area (Å²) in [7, 11) is 0. The zero-order valence-corrected chi connectivity index (χ0v) is 5.01. The first kappa shape index (κ1) is 7.66. The number of nitrogens with two attached hydrogens (primary N) is 1. The third-order valence-corrected chi connectivity index (χ3v) is 0.832. The predicted octanol–water partition coefficient (Wildman–Crippen LogP) is 0.274. The van der Waals surface area contributed by atoms with Crippen molar-refractivity contribution in [3.05, 3.63) is 12.2 Å². The number of aliphatic hydroxyl groups excluding tert-OH is 1. The molecule has 0 unspecified atom stereocenters. The van der Waals surface area contributed by atoms with Gasteiger partial charge in [-0.15, -0.1) is 0 Å². The van der Waals surface area contributed by atoms with Crippen LogP contribution in [0, 0.1) is 0 Å². The van der Waals surface area contributed by atoms with Crippen molar-refractivity contribution in [1.29, 1.82) is 0 Å². The lowest BCUT2D eigenvalue weighted by Gasteiger charge is -1.85. The summed E-state index contributed by atoms with van der Waals surface area (Å²) >= 11 is 0. The molecule has 0 aromatic heterocycles. The van der Waals surface area contributed by atoms with Gasteiger partial charge in [0.1, 0.15) is 0 Å². The van der Waals surface area contributed by atoms with Crippen molar-refractivity contribution in [3.8, 4) is 0 Å². The molecule has 0 aliphatic carbocycles. The molecule has 0 radical (unpaired) electrons. The lowest BCUT2D eigenvalue weighted by Crippen LogP contribution is -1.92. The van der Waals surface area contributed by atoms with E-state index in [4.69, 9.17) is 10.8 Å². The van der Waals surface area contributed by atoms with Gasteiger partial charge in [-0.3, -0.25) is 0 Å². The summed E-state index contributed by atoms with van der Waals surface area (Å²) in [5, 5.41) is 8.30. The van der Waals surface area contributed by atoms with Gasteiger partial charge in [0.05, 0.1) is 0 Å². The van der Waals surface area contributed by atoms with Crippen LogP contribution in [0.1, 0.15) is 12.8 Å². The van der Waals surface area contributed by atoms with E-state index in [2.05, 4.69) is 0 Å². The Morgan fingerprint density at radius 2 is 2.12 bits per heavy atom. The van der Waals surface area contributed by atoms with E-state index in [-0.39, 0.29) is 6.61 Å². The largest absolute Gasteiger partial charge is 0.396 e. The van der Waals surface area contributed by atoms with Crippen LogP contribution in [0.2, 0.25) is 0 Å². The Kier molecular flexibility index (Phi) is 6.38. The highest BCUT2D eigenvalue weighted by Gasteiger charge is 1.75. The normalized spacial score (nSPS) is 10.8. The quantitative estimate of drug-likeness (QED) is 0.408. The Morgan fingerprint density at radius 1 is 1.38 bits per heavy atom. The second-order valence-electron chi connectivity index (χ2n) is 1.57. The molecule has 0 heterocycles. The molecule has 2 heteroatoms. The molecule has 0 saturated heterocycles. The van der Waals surface area contributed by atoms with Gasteiger partial charge >= 0.3 is 0 Å². The first-order chi connectivity index (χ1) is 3.91. The number of aliphatic hydroxyl groups is 1. The van der Waals surface area contributed by atoms with E-state index in [1.807, 2.05) is 12.2 Å². The first-order valence-corrected chi connectivity index (χ1v) is 2.87. The molecule has 8 heavy (non-hydrogen) atoms. The van der Waals surface area contributed by atoms with E-state index in [1.54, 1.807) is 0 Å². The minimum atomic E-state index is 0.273. The molecule has 0 atom stereocenters. The fraction of sp³-hybridized carbons (Fsp3) is 0.667. The zero-order chi connectivity index (χ0) is 6.24. The van der Waals surface area contributed by atoms with Crippen molar-refractivity contribution < 1.29 is 5.11 Å². The van der Waals surface area contributed by atoms with Crippen molar-refractivity contribution in [1.82, 2.24) is 0 Å². The summed E-state index contributed by atoms with van der Waals surface area (Å²) < 4.78 is 0. The summed E-state index contributed by atoms with van der Waals surface area (Å²) in [4.78, 5) is 0. The summed E-state index contributed by atoms with van der Waals surface area (Å²) in [6.07, 6.45) is 5.66. The van der Waals surface area contributed by atoms with E-state index in [9.17, 15) is 0 Å². The maximum Gasteiger partial charge on any atom is 0.0433 e. The molecular weight excluding hydrogens is 102 g/mol. The Hall–Kier alpha value is -0.340. The van der Waals surface area contributed by atoms with Gasteiger partial charge in [0.15, 0.2) is 0 Å². The van der Waals surface area contributed by atoms with Gasteiger partial charge in [-0.2, -0.15) is 0 Å². The monoisotopic (exact) mass is 115 g/mol. The predicted molar refractivity (Wildman–Crippen MR) is 34.5 cm³/mol. The highest BCUT2D eigenvalue weighted by Crippen LogP contribution is 1.86. The minimum Gasteiger partial charge on any atom is -0.396 e. The van der Waals surface area contributed by atoms with Crippen LogP contribution in [0.4, 0.5) is 0 Å². The number of hydrogen-bond acceptors (Lipinski definition) is 2. The van der Waals surface area contributed by atoms with Crippen molar-refractivity contribution in [2.24, 2.45) is 5.73 Å². The van der Waals surface area contributed by atoms with Crippen molar-refractivity contribution in [2.45, 2.75) is 12.8 Å². The fourth-order valence-electron chi connectivity index (χ4n) is 0.423. The van der Waals surface area contributed by atoms with Crippen LogP contribution in [0.3, 0.4) is 0 Å². The molecule has 0 fully saturated rings. The van der Waals surface area contributed by atoms with E-state index >= 15 is 0 Å². The smallest absolute Gasteiger partial charge is 0.0433 e. The van der Waals surface area contributed by atoms with Crippen LogP contribution in [0.5, 0.6) is 0 Å². The van der Waals surface area contributed by atoms with Crippen LogP contribution in [-0.2, 0) is 0 Å². The van der Waals surface area contributed by atoms with Crippen molar-refractivity contribution in [3.63, 3.8) is 0 Å². The molecule has 0 aromatic carbocycles. The number of rotatable bonds is 4. The van der Waals surface area contributed by atoms with Crippen molar-refractivity contribution in [2.75, 3.05) is 13.2 Å². The highest BCUT2D eigenvalue weighted by molar-refractivity contribution is 4.81. The maximum atomic E-state index is 8.30. The van der Waals surface area contributed by atoms with Crippen LogP contribution < -0.4 is 5.73 Å². The van der Waals surface area contributed by atoms with E-state index in [0.29, 0.717) is 6.54 Å². The second kappa shape index (κ2) is 6.66. The van der Waals surface area contributed by atoms with Gasteiger partial charge in [-0.25, -0.2) is 0 Å². The molecule has 0 bridgehead atoms. The Labute approximate surface area is 50.0 Å². The van der Waals surface area contributed by atoms with E-state index in [0.717, 1.165) is 12.8 Å². The zero-order valence-electron chi connectivity index (χ0n) is 5.01. The maximum absolute atomic E-state index is 8.30. The van der Waals surface area contributed by atoms with Crippen LogP contribution in [-0.4, -0.2) is 18.3 Å². The van der Waals surface area contributed by atoms with Crippen LogP contribution in [0.25, 0.3) is 0 Å². The fourth-order valence-corrected chi connectivity index (χ4v) is 0.423. The number of allylic oxidation sites excluding steroid dienone is 1. The molecule has 0 saturated carbocycles. The summed E-state index contributed by atoms with van der Waals surface area (Å²) in [6, 6.07) is 0. The number of unbranched alkanes of at least 4 members (excludes halogenated alkanes) is 1. The molecule has 0 aromatic rings. The average Bonchev–Trinajstić information content (AvgIpc) is 1.81. The lowest BCUT2D eigenvalue weighted by atomic mass is 10.3. The topological polar surface area (TPSA) is 46.2 Å². The summed E-state index contributed by atoms with van der Waals surface area (Å²) in [5.41, 5.74) is 5.16. The van der Waals surface area contributed by atoms with Crippen LogP contribution >= 0.6 is 0 Å². The lowest BCUT2D eigenvalue weighted by molar-refractivity contribution is 0.289. The van der Waals surface area contributed by atoms with Gasteiger partial charge in [0.2, 0.25) is 0 Å². The van der Waals surface area contributed by atoms with Crippen LogP contribution in [0.15, 0.2) is 12.2 Å². The molecule has 0 amide bonds.